The molecule has 0 radical (unpaired) electrons. The maximum atomic E-state index is 5.15. The molecule has 0 fully saturated rings. The maximum Gasteiger partial charge on any atom is 0.0972 e. The van der Waals surface area contributed by atoms with Crippen LogP contribution < -0.4 is 0 Å². The Hall–Kier alpha value is -6.90. The summed E-state index contributed by atoms with van der Waals surface area (Å²) >= 11 is 0. The van der Waals surface area contributed by atoms with Crippen LogP contribution in [0.1, 0.15) is 22.3 Å². The minimum atomic E-state index is -0.413. The summed E-state index contributed by atoms with van der Waals surface area (Å²) in [5, 5.41) is 7.32. The van der Waals surface area contributed by atoms with Gasteiger partial charge >= 0.3 is 0 Å². The molecule has 0 N–H and O–H groups in total. The van der Waals surface area contributed by atoms with E-state index in [1.165, 1.54) is 77.2 Å². The number of fused-ring (bicyclic) bond motifs is 17. The SMILES string of the molecule is c1cc(-c2ccc3c4c(ccc3c2)-c2c(ccc3ccccc23)C42c3ccccc3-c3ccccc32)cc(-c2ccc3ccc4cccnc4c3n2)c1. The lowest BCUT2D eigenvalue weighted by Crippen LogP contribution is -2.26. The first-order chi connectivity index (χ1) is 26.3. The van der Waals surface area contributed by atoms with Crippen LogP contribution in [-0.2, 0) is 5.41 Å². The second kappa shape index (κ2) is 10.6. The summed E-state index contributed by atoms with van der Waals surface area (Å²) in [6, 6.07) is 64.9. The van der Waals surface area contributed by atoms with E-state index in [1.54, 1.807) is 0 Å². The van der Waals surface area contributed by atoms with Crippen LogP contribution in [0, 0.1) is 0 Å². The lowest BCUT2D eigenvalue weighted by atomic mass is 9.69. The Morgan fingerprint density at radius 3 is 1.92 bits per heavy atom. The molecule has 2 nitrogen and oxygen atoms in total. The van der Waals surface area contributed by atoms with Crippen molar-refractivity contribution in [2.24, 2.45) is 0 Å². The molecule has 0 amide bonds. The maximum absolute atomic E-state index is 5.15. The molecule has 0 aliphatic heterocycles. The van der Waals surface area contributed by atoms with Crippen LogP contribution in [0.5, 0.6) is 0 Å². The predicted octanol–water partition coefficient (Wildman–Crippen LogP) is 12.8. The van der Waals surface area contributed by atoms with Gasteiger partial charge in [0.05, 0.1) is 22.1 Å². The summed E-state index contributed by atoms with van der Waals surface area (Å²) in [7, 11) is 0. The minimum absolute atomic E-state index is 0.413. The van der Waals surface area contributed by atoms with Gasteiger partial charge in [-0.1, -0.05) is 152 Å². The lowest BCUT2D eigenvalue weighted by Gasteiger charge is -2.31. The Labute approximate surface area is 306 Å². The van der Waals surface area contributed by atoms with Gasteiger partial charge in [-0.05, 0) is 101 Å². The molecular weight excluding hydrogens is 641 g/mol. The van der Waals surface area contributed by atoms with Crippen molar-refractivity contribution in [3.63, 3.8) is 0 Å². The normalized spacial score (nSPS) is 13.4. The Kier molecular flexibility index (Phi) is 5.73. The fourth-order valence-electron chi connectivity index (χ4n) is 9.67. The van der Waals surface area contributed by atoms with Crippen molar-refractivity contribution >= 4 is 43.4 Å². The first kappa shape index (κ1) is 28.8. The summed E-state index contributed by atoms with van der Waals surface area (Å²) in [6.07, 6.45) is 1.85. The minimum Gasteiger partial charge on any atom is -0.254 e. The van der Waals surface area contributed by atoms with Gasteiger partial charge in [-0.2, -0.15) is 0 Å². The third-order valence-electron chi connectivity index (χ3n) is 11.9. The second-order valence-corrected chi connectivity index (χ2v) is 14.5. The van der Waals surface area contributed by atoms with E-state index in [0.29, 0.717) is 0 Å². The highest BCUT2D eigenvalue weighted by atomic mass is 14.7. The van der Waals surface area contributed by atoms with Crippen molar-refractivity contribution in [1.29, 1.82) is 0 Å². The van der Waals surface area contributed by atoms with E-state index >= 15 is 0 Å². The van der Waals surface area contributed by atoms with Crippen molar-refractivity contribution in [2.45, 2.75) is 5.41 Å². The van der Waals surface area contributed by atoms with Crippen molar-refractivity contribution in [2.75, 3.05) is 0 Å². The molecule has 53 heavy (non-hydrogen) atoms. The van der Waals surface area contributed by atoms with Crippen molar-refractivity contribution < 1.29 is 0 Å². The molecule has 10 aromatic rings. The van der Waals surface area contributed by atoms with E-state index in [4.69, 9.17) is 4.98 Å². The smallest absolute Gasteiger partial charge is 0.0972 e. The van der Waals surface area contributed by atoms with Crippen LogP contribution in [0.25, 0.3) is 88.0 Å². The fraction of sp³-hybridized carbons (Fsp3) is 0.0196. The zero-order chi connectivity index (χ0) is 34.7. The Balaban J connectivity index is 1.07. The van der Waals surface area contributed by atoms with Crippen molar-refractivity contribution in [3.8, 4) is 44.6 Å². The number of hydrogen-bond donors (Lipinski definition) is 0. The van der Waals surface area contributed by atoms with E-state index in [-0.39, 0.29) is 0 Å². The standard InChI is InChI=1S/C51H30N2/c1-2-13-38-31(9-1)22-26-45-47(38)42-25-21-36-29-35(20-24-39(36)48(42)51(45)43-16-5-3-14-40(43)41-15-4-6-17-44(41)51)34-10-7-11-37(30-34)46-27-23-33-19-18-32-12-8-28-52-49(32)50(33)53-46/h1-30H. The molecule has 0 unspecified atom stereocenters. The zero-order valence-electron chi connectivity index (χ0n) is 28.7. The molecule has 244 valence electrons. The molecule has 0 saturated heterocycles. The average Bonchev–Trinajstić information content (AvgIpc) is 3.71. The molecule has 0 saturated carbocycles. The first-order valence-electron chi connectivity index (χ1n) is 18.3. The molecule has 2 aromatic heterocycles. The summed E-state index contributed by atoms with van der Waals surface area (Å²) in [4.78, 5) is 9.83. The Morgan fingerprint density at radius 2 is 1.06 bits per heavy atom. The molecule has 12 rings (SSSR count). The lowest BCUT2D eigenvalue weighted by molar-refractivity contribution is 0.802. The number of benzene rings is 8. The molecule has 2 heterocycles. The van der Waals surface area contributed by atoms with Gasteiger partial charge in [0.25, 0.3) is 0 Å². The van der Waals surface area contributed by atoms with Crippen molar-refractivity contribution in [1.82, 2.24) is 9.97 Å². The third kappa shape index (κ3) is 3.82. The van der Waals surface area contributed by atoms with E-state index in [2.05, 4.69) is 175 Å². The molecular formula is C51H30N2. The van der Waals surface area contributed by atoms with Crippen LogP contribution in [-0.4, -0.2) is 9.97 Å². The van der Waals surface area contributed by atoms with Gasteiger partial charge in [0.15, 0.2) is 0 Å². The van der Waals surface area contributed by atoms with Gasteiger partial charge in [-0.15, -0.1) is 0 Å². The molecule has 0 atom stereocenters. The van der Waals surface area contributed by atoms with E-state index in [0.717, 1.165) is 33.1 Å². The van der Waals surface area contributed by atoms with E-state index in [9.17, 15) is 0 Å². The summed E-state index contributed by atoms with van der Waals surface area (Å²) < 4.78 is 0. The third-order valence-corrected chi connectivity index (χ3v) is 11.9. The van der Waals surface area contributed by atoms with E-state index < -0.39 is 5.41 Å². The number of nitrogens with zero attached hydrogens (tertiary/aromatic N) is 2. The Bertz CT molecular complexity index is 3140. The van der Waals surface area contributed by atoms with Gasteiger partial charge in [-0.3, -0.25) is 4.98 Å². The topological polar surface area (TPSA) is 25.8 Å². The van der Waals surface area contributed by atoms with Crippen LogP contribution >= 0.6 is 0 Å². The van der Waals surface area contributed by atoms with Crippen LogP contribution in [0.3, 0.4) is 0 Å². The van der Waals surface area contributed by atoms with Gasteiger partial charge in [-0.25, -0.2) is 4.98 Å². The number of rotatable bonds is 2. The monoisotopic (exact) mass is 670 g/mol. The number of aromatic nitrogens is 2. The summed E-state index contributed by atoms with van der Waals surface area (Å²) in [5.74, 6) is 0. The van der Waals surface area contributed by atoms with Crippen molar-refractivity contribution in [3.05, 3.63) is 204 Å². The highest BCUT2D eigenvalue weighted by Gasteiger charge is 2.52. The van der Waals surface area contributed by atoms with E-state index in [1.807, 2.05) is 12.3 Å². The number of pyridine rings is 2. The molecule has 0 bridgehead atoms. The Morgan fingerprint density at radius 1 is 0.377 bits per heavy atom. The summed E-state index contributed by atoms with van der Waals surface area (Å²) in [6.45, 7) is 0. The fourth-order valence-corrected chi connectivity index (χ4v) is 9.67. The molecule has 8 aromatic carbocycles. The zero-order valence-corrected chi connectivity index (χ0v) is 28.7. The van der Waals surface area contributed by atoms with Gasteiger partial charge in [0.1, 0.15) is 0 Å². The highest BCUT2D eigenvalue weighted by molar-refractivity contribution is 6.11. The summed E-state index contributed by atoms with van der Waals surface area (Å²) in [5.41, 5.74) is 16.7. The second-order valence-electron chi connectivity index (χ2n) is 14.5. The first-order valence-corrected chi connectivity index (χ1v) is 18.3. The van der Waals surface area contributed by atoms with Gasteiger partial charge in [0, 0.05) is 22.5 Å². The molecule has 2 heteroatoms. The van der Waals surface area contributed by atoms with Crippen LogP contribution in [0.2, 0.25) is 0 Å². The molecule has 1 spiro atoms. The van der Waals surface area contributed by atoms with Crippen LogP contribution in [0.15, 0.2) is 182 Å². The van der Waals surface area contributed by atoms with Crippen LogP contribution in [0.4, 0.5) is 0 Å². The average molecular weight is 671 g/mol. The quantitative estimate of drug-likeness (QED) is 0.171. The number of hydrogen-bond acceptors (Lipinski definition) is 2. The highest BCUT2D eigenvalue weighted by Crippen LogP contribution is 2.65. The van der Waals surface area contributed by atoms with Gasteiger partial charge < -0.3 is 0 Å². The molecule has 2 aliphatic rings. The largest absolute Gasteiger partial charge is 0.254 e. The molecule has 2 aliphatic carbocycles. The van der Waals surface area contributed by atoms with Gasteiger partial charge in [0.2, 0.25) is 0 Å². The predicted molar refractivity (Wildman–Crippen MR) is 219 cm³/mol.